The molecule has 3 aromatic rings. The molecule has 0 saturated carbocycles. The summed E-state index contributed by atoms with van der Waals surface area (Å²) in [5, 5.41) is 0.726. The second kappa shape index (κ2) is 6.02. The van der Waals surface area contributed by atoms with Gasteiger partial charge in [0, 0.05) is 49.1 Å². The van der Waals surface area contributed by atoms with Gasteiger partial charge in [-0.2, -0.15) is 0 Å². The lowest BCUT2D eigenvalue weighted by molar-refractivity contribution is 1.05. The first-order valence-electron chi connectivity index (χ1n) is 5.69. The number of hydrogen-bond donors (Lipinski definition) is 0. The first kappa shape index (κ1) is 12.4. The van der Waals surface area contributed by atoms with Crippen LogP contribution in [0.4, 0.5) is 11.6 Å². The minimum atomic E-state index is 0.642. The molecule has 3 rings (SSSR count). The molecule has 3 heterocycles. The Labute approximate surface area is 119 Å². The van der Waals surface area contributed by atoms with Crippen molar-refractivity contribution < 1.29 is 0 Å². The maximum absolute atomic E-state index is 4.28. The average Bonchev–Trinajstić information content (AvgIpc) is 2.55. The van der Waals surface area contributed by atoms with Crippen molar-refractivity contribution in [2.45, 2.75) is 5.03 Å². The largest absolute Gasteiger partial charge is 0.260 e. The molecule has 0 aliphatic heterocycles. The van der Waals surface area contributed by atoms with E-state index < -0.39 is 0 Å². The molecule has 0 bridgehead atoms. The van der Waals surface area contributed by atoms with E-state index in [9.17, 15) is 0 Å². The SMILES string of the molecule is c1cnc(SN(c2cnccn2)c2cnccn2)cn1. The third kappa shape index (κ3) is 2.86. The van der Waals surface area contributed by atoms with E-state index in [1.165, 1.54) is 11.9 Å². The summed E-state index contributed by atoms with van der Waals surface area (Å²) in [6.07, 6.45) is 14.7. The van der Waals surface area contributed by atoms with E-state index in [2.05, 4.69) is 29.9 Å². The van der Waals surface area contributed by atoms with Gasteiger partial charge >= 0.3 is 0 Å². The van der Waals surface area contributed by atoms with Gasteiger partial charge in [0.05, 0.1) is 18.6 Å². The van der Waals surface area contributed by atoms with Crippen molar-refractivity contribution in [1.82, 2.24) is 29.9 Å². The van der Waals surface area contributed by atoms with Gasteiger partial charge in [-0.05, 0) is 0 Å². The summed E-state index contributed by atoms with van der Waals surface area (Å²) >= 11 is 1.35. The van der Waals surface area contributed by atoms with Crippen LogP contribution in [0.25, 0.3) is 0 Å². The summed E-state index contributed by atoms with van der Waals surface area (Å²) in [6, 6.07) is 0. The summed E-state index contributed by atoms with van der Waals surface area (Å²) in [7, 11) is 0. The maximum Gasteiger partial charge on any atom is 0.163 e. The Bertz CT molecular complexity index is 611. The monoisotopic (exact) mass is 283 g/mol. The molecule has 0 fully saturated rings. The second-order valence-corrected chi connectivity index (χ2v) is 4.52. The quantitative estimate of drug-likeness (QED) is 0.672. The van der Waals surface area contributed by atoms with Crippen LogP contribution < -0.4 is 4.31 Å². The lowest BCUT2D eigenvalue weighted by atomic mass is 10.6. The summed E-state index contributed by atoms with van der Waals surface area (Å²) in [4.78, 5) is 25.0. The van der Waals surface area contributed by atoms with Gasteiger partial charge in [-0.25, -0.2) is 19.3 Å². The highest BCUT2D eigenvalue weighted by Gasteiger charge is 2.15. The van der Waals surface area contributed by atoms with Gasteiger partial charge in [-0.15, -0.1) is 0 Å². The fraction of sp³-hybridized carbons (Fsp3) is 0. The molecule has 0 unspecified atom stereocenters. The van der Waals surface area contributed by atoms with Crippen LogP contribution in [-0.4, -0.2) is 29.9 Å². The van der Waals surface area contributed by atoms with E-state index in [0.717, 1.165) is 5.03 Å². The van der Waals surface area contributed by atoms with E-state index in [-0.39, 0.29) is 0 Å². The second-order valence-electron chi connectivity index (χ2n) is 3.56. The van der Waals surface area contributed by atoms with E-state index in [1.807, 2.05) is 0 Å². The van der Waals surface area contributed by atoms with E-state index in [0.29, 0.717) is 11.6 Å². The number of aromatic nitrogens is 6. The van der Waals surface area contributed by atoms with Gasteiger partial charge < -0.3 is 0 Å². The summed E-state index contributed by atoms with van der Waals surface area (Å²) in [6.45, 7) is 0. The molecule has 0 N–H and O–H groups in total. The van der Waals surface area contributed by atoms with E-state index in [4.69, 9.17) is 0 Å². The molecule has 3 aromatic heterocycles. The summed E-state index contributed by atoms with van der Waals surface area (Å²) in [5.74, 6) is 1.28. The van der Waals surface area contributed by atoms with Crippen LogP contribution in [0.1, 0.15) is 0 Å². The van der Waals surface area contributed by atoms with E-state index in [1.54, 1.807) is 60.1 Å². The predicted molar refractivity (Wildman–Crippen MR) is 74.1 cm³/mol. The van der Waals surface area contributed by atoms with Crippen LogP contribution in [0, 0.1) is 0 Å². The van der Waals surface area contributed by atoms with Gasteiger partial charge in [-0.3, -0.25) is 15.0 Å². The summed E-state index contributed by atoms with van der Waals surface area (Å²) in [5.41, 5.74) is 0. The molecule has 8 heteroatoms. The molecular weight excluding hydrogens is 274 g/mol. The molecule has 0 aliphatic rings. The van der Waals surface area contributed by atoms with Crippen LogP contribution in [0.15, 0.2) is 60.8 Å². The van der Waals surface area contributed by atoms with Gasteiger partial charge in [0.15, 0.2) is 11.6 Å². The molecule has 7 nitrogen and oxygen atoms in total. The van der Waals surface area contributed by atoms with Crippen LogP contribution >= 0.6 is 11.9 Å². The highest BCUT2D eigenvalue weighted by Crippen LogP contribution is 2.31. The van der Waals surface area contributed by atoms with Gasteiger partial charge in [-0.1, -0.05) is 0 Å². The van der Waals surface area contributed by atoms with Crippen molar-refractivity contribution in [2.24, 2.45) is 0 Å². The fourth-order valence-electron chi connectivity index (χ4n) is 1.43. The molecule has 20 heavy (non-hydrogen) atoms. The Morgan fingerprint density at radius 2 is 1.20 bits per heavy atom. The number of rotatable bonds is 4. The molecule has 0 aliphatic carbocycles. The zero-order valence-corrected chi connectivity index (χ0v) is 11.1. The zero-order chi connectivity index (χ0) is 13.6. The van der Waals surface area contributed by atoms with Crippen LogP contribution in [-0.2, 0) is 0 Å². The zero-order valence-electron chi connectivity index (χ0n) is 10.2. The maximum atomic E-state index is 4.28. The molecule has 0 amide bonds. The number of nitrogens with zero attached hydrogens (tertiary/aromatic N) is 7. The lowest BCUT2D eigenvalue weighted by Gasteiger charge is -2.19. The molecule has 0 aromatic carbocycles. The third-order valence-corrected chi connectivity index (χ3v) is 3.19. The standard InChI is InChI=1S/C12H9N7S/c1-4-16-10(7-13-1)19(11-8-14-2-5-17-11)20-12-9-15-3-6-18-12/h1-9H. The molecule has 0 atom stereocenters. The molecule has 0 spiro atoms. The van der Waals surface area contributed by atoms with E-state index >= 15 is 0 Å². The third-order valence-electron chi connectivity index (χ3n) is 2.24. The van der Waals surface area contributed by atoms with Crippen molar-refractivity contribution in [2.75, 3.05) is 4.31 Å². The Hall–Kier alpha value is -2.61. The Kier molecular flexibility index (Phi) is 3.74. The van der Waals surface area contributed by atoms with Crippen molar-refractivity contribution >= 4 is 23.6 Å². The molecule has 0 radical (unpaired) electrons. The number of hydrogen-bond acceptors (Lipinski definition) is 8. The molecule has 98 valence electrons. The Morgan fingerprint density at radius 3 is 1.65 bits per heavy atom. The van der Waals surface area contributed by atoms with Crippen LogP contribution in [0.2, 0.25) is 0 Å². The first-order valence-corrected chi connectivity index (χ1v) is 6.47. The number of anilines is 2. The predicted octanol–water partition coefficient (Wildman–Crippen LogP) is 1.90. The summed E-state index contributed by atoms with van der Waals surface area (Å²) < 4.78 is 1.80. The van der Waals surface area contributed by atoms with Gasteiger partial charge in [0.1, 0.15) is 5.03 Å². The molecule has 0 saturated heterocycles. The van der Waals surface area contributed by atoms with Gasteiger partial charge in [0.2, 0.25) is 0 Å². The smallest absolute Gasteiger partial charge is 0.163 e. The van der Waals surface area contributed by atoms with Crippen molar-refractivity contribution in [3.8, 4) is 0 Å². The Morgan fingerprint density at radius 1 is 0.650 bits per heavy atom. The minimum Gasteiger partial charge on any atom is -0.260 e. The lowest BCUT2D eigenvalue weighted by Crippen LogP contribution is -2.11. The topological polar surface area (TPSA) is 80.6 Å². The van der Waals surface area contributed by atoms with Gasteiger partial charge in [0.25, 0.3) is 0 Å². The normalized spacial score (nSPS) is 10.2. The van der Waals surface area contributed by atoms with Crippen molar-refractivity contribution in [3.63, 3.8) is 0 Å². The molecular formula is C12H9N7S. The fourth-order valence-corrected chi connectivity index (χ4v) is 2.21. The first-order chi connectivity index (χ1) is 9.93. The van der Waals surface area contributed by atoms with Crippen LogP contribution in [0.5, 0.6) is 0 Å². The highest BCUT2D eigenvalue weighted by molar-refractivity contribution is 8.00. The average molecular weight is 283 g/mol. The Balaban J connectivity index is 1.96. The minimum absolute atomic E-state index is 0.642. The van der Waals surface area contributed by atoms with Crippen molar-refractivity contribution in [1.29, 1.82) is 0 Å². The highest BCUT2D eigenvalue weighted by atomic mass is 32.2. The van der Waals surface area contributed by atoms with Crippen LogP contribution in [0.3, 0.4) is 0 Å². The van der Waals surface area contributed by atoms with Crippen molar-refractivity contribution in [3.05, 3.63) is 55.8 Å².